The molecule has 1 aromatic rings. The van der Waals surface area contributed by atoms with Crippen LogP contribution in [-0.2, 0) is 13.6 Å². The van der Waals surface area contributed by atoms with Crippen molar-refractivity contribution in [2.75, 3.05) is 31.6 Å². The first-order valence-corrected chi connectivity index (χ1v) is 9.92. The van der Waals surface area contributed by atoms with E-state index in [4.69, 9.17) is 4.99 Å². The molecule has 7 heteroatoms. The van der Waals surface area contributed by atoms with Crippen LogP contribution in [0.4, 0.5) is 0 Å². The van der Waals surface area contributed by atoms with E-state index >= 15 is 0 Å². The molecule has 0 aromatic carbocycles. The van der Waals surface area contributed by atoms with Crippen LogP contribution in [0.3, 0.4) is 0 Å². The van der Waals surface area contributed by atoms with Gasteiger partial charge in [-0.15, -0.1) is 24.0 Å². The van der Waals surface area contributed by atoms with Crippen LogP contribution in [0.15, 0.2) is 21.7 Å². The lowest BCUT2D eigenvalue weighted by Crippen LogP contribution is -2.39. The average molecular weight is 515 g/mol. The van der Waals surface area contributed by atoms with Crippen molar-refractivity contribution in [3.8, 4) is 0 Å². The van der Waals surface area contributed by atoms with Gasteiger partial charge in [-0.05, 0) is 59.2 Å². The number of thioether (sulfide) groups is 1. The Labute approximate surface area is 170 Å². The van der Waals surface area contributed by atoms with Crippen molar-refractivity contribution in [1.29, 1.82) is 0 Å². The zero-order valence-corrected chi connectivity index (χ0v) is 19.0. The van der Waals surface area contributed by atoms with Gasteiger partial charge >= 0.3 is 0 Å². The predicted octanol–water partition coefficient (Wildman–Crippen LogP) is 3.95. The van der Waals surface area contributed by atoms with Crippen LogP contribution >= 0.6 is 51.7 Å². The van der Waals surface area contributed by atoms with Crippen molar-refractivity contribution in [1.82, 2.24) is 14.8 Å². The van der Waals surface area contributed by atoms with Crippen molar-refractivity contribution < 1.29 is 0 Å². The van der Waals surface area contributed by atoms with Gasteiger partial charge in [0.25, 0.3) is 0 Å². The van der Waals surface area contributed by atoms with E-state index in [0.717, 1.165) is 36.0 Å². The monoisotopic (exact) mass is 514 g/mol. The molecule has 0 unspecified atom stereocenters. The van der Waals surface area contributed by atoms with Gasteiger partial charge in [-0.1, -0.05) is 0 Å². The van der Waals surface area contributed by atoms with E-state index in [9.17, 15) is 0 Å². The van der Waals surface area contributed by atoms with Gasteiger partial charge in [0.1, 0.15) is 0 Å². The van der Waals surface area contributed by atoms with Gasteiger partial charge in [0, 0.05) is 43.5 Å². The summed E-state index contributed by atoms with van der Waals surface area (Å²) in [6.07, 6.45) is 4.71. The molecule has 0 aliphatic carbocycles. The first-order valence-electron chi connectivity index (χ1n) is 7.98. The number of guanidine groups is 1. The van der Waals surface area contributed by atoms with Gasteiger partial charge in [0.05, 0.1) is 6.54 Å². The molecular formula is C16H28BrIN4S. The highest BCUT2D eigenvalue weighted by atomic mass is 127. The summed E-state index contributed by atoms with van der Waals surface area (Å²) in [5.41, 5.74) is 1.27. The second-order valence-corrected chi connectivity index (χ2v) is 8.01. The van der Waals surface area contributed by atoms with E-state index in [0.29, 0.717) is 0 Å². The molecule has 1 aliphatic rings. The number of nitrogens with zero attached hydrogens (tertiary/aromatic N) is 3. The summed E-state index contributed by atoms with van der Waals surface area (Å²) in [4.78, 5) is 7.08. The number of aliphatic imine (C=N–C) groups is 1. The Kier molecular flexibility index (Phi) is 10.00. The minimum Gasteiger partial charge on any atom is -0.357 e. The van der Waals surface area contributed by atoms with E-state index in [1.54, 1.807) is 0 Å². The van der Waals surface area contributed by atoms with Crippen LogP contribution in [0, 0.1) is 5.92 Å². The van der Waals surface area contributed by atoms with Crippen LogP contribution < -0.4 is 5.32 Å². The van der Waals surface area contributed by atoms with E-state index in [2.05, 4.69) is 75.8 Å². The molecule has 0 amide bonds. The normalized spacial score (nSPS) is 16.1. The van der Waals surface area contributed by atoms with Crippen LogP contribution in [0.5, 0.6) is 0 Å². The van der Waals surface area contributed by atoms with Crippen LogP contribution in [0.1, 0.15) is 25.5 Å². The van der Waals surface area contributed by atoms with Crippen molar-refractivity contribution in [3.05, 3.63) is 22.4 Å². The Balaban J connectivity index is 0.00000264. The summed E-state index contributed by atoms with van der Waals surface area (Å²) in [6, 6.07) is 2.17. The highest BCUT2D eigenvalue weighted by Gasteiger charge is 2.15. The summed E-state index contributed by atoms with van der Waals surface area (Å²) in [7, 11) is 4.19. The lowest BCUT2D eigenvalue weighted by molar-refractivity contribution is 0.450. The van der Waals surface area contributed by atoms with Crippen LogP contribution in [0.25, 0.3) is 0 Å². The number of aryl methyl sites for hydroxylation is 1. The van der Waals surface area contributed by atoms with Gasteiger partial charge in [-0.25, -0.2) is 0 Å². The fraction of sp³-hybridized carbons (Fsp3) is 0.688. The molecule has 0 atom stereocenters. The maximum Gasteiger partial charge on any atom is 0.194 e. The van der Waals surface area contributed by atoms with Crippen molar-refractivity contribution in [3.63, 3.8) is 0 Å². The molecule has 1 fully saturated rings. The second-order valence-electron chi connectivity index (χ2n) is 5.87. The van der Waals surface area contributed by atoms with Gasteiger partial charge in [0.2, 0.25) is 0 Å². The maximum absolute atomic E-state index is 4.87. The summed E-state index contributed by atoms with van der Waals surface area (Å²) >= 11 is 5.61. The smallest absolute Gasteiger partial charge is 0.194 e. The number of nitrogens with one attached hydrogen (secondary N) is 1. The van der Waals surface area contributed by atoms with Crippen molar-refractivity contribution >= 4 is 57.6 Å². The van der Waals surface area contributed by atoms with Gasteiger partial charge in [-0.3, -0.25) is 4.99 Å². The first kappa shape index (κ1) is 21.2. The lowest BCUT2D eigenvalue weighted by Gasteiger charge is -2.24. The van der Waals surface area contributed by atoms with Gasteiger partial charge in [0.15, 0.2) is 5.96 Å². The summed E-state index contributed by atoms with van der Waals surface area (Å²) in [5, 5.41) is 3.42. The van der Waals surface area contributed by atoms with Crippen molar-refractivity contribution in [2.24, 2.45) is 18.0 Å². The number of hydrogen-bond donors (Lipinski definition) is 1. The topological polar surface area (TPSA) is 32.6 Å². The molecule has 23 heavy (non-hydrogen) atoms. The third-order valence-corrected chi connectivity index (χ3v) is 5.49. The lowest BCUT2D eigenvalue weighted by atomic mass is 10.0. The number of halogens is 2. The Morgan fingerprint density at radius 1 is 1.48 bits per heavy atom. The van der Waals surface area contributed by atoms with Crippen LogP contribution in [0.2, 0.25) is 0 Å². The number of aromatic nitrogens is 1. The molecule has 0 saturated carbocycles. The largest absolute Gasteiger partial charge is 0.357 e. The average Bonchev–Trinajstić information content (AvgIpc) is 2.82. The molecule has 1 aromatic heterocycles. The fourth-order valence-electron chi connectivity index (χ4n) is 2.66. The Morgan fingerprint density at radius 3 is 2.74 bits per heavy atom. The predicted molar refractivity (Wildman–Crippen MR) is 116 cm³/mol. The van der Waals surface area contributed by atoms with E-state index in [1.165, 1.54) is 30.0 Å². The maximum atomic E-state index is 4.87. The molecule has 0 radical (unpaired) electrons. The molecule has 2 rings (SSSR count). The Morgan fingerprint density at radius 2 is 2.17 bits per heavy atom. The highest BCUT2D eigenvalue weighted by Crippen LogP contribution is 2.22. The SMILES string of the molecule is CCNC(=NCC1CCSCC1)N(C)Cc1cc(Br)cn1C.I. The minimum absolute atomic E-state index is 0. The van der Waals surface area contributed by atoms with Gasteiger partial charge in [-0.2, -0.15) is 11.8 Å². The fourth-order valence-corrected chi connectivity index (χ4v) is 4.43. The molecule has 1 N–H and O–H groups in total. The zero-order chi connectivity index (χ0) is 15.9. The second kappa shape index (κ2) is 10.9. The van der Waals surface area contributed by atoms with E-state index < -0.39 is 0 Å². The zero-order valence-electron chi connectivity index (χ0n) is 14.2. The molecular weight excluding hydrogens is 487 g/mol. The molecule has 0 bridgehead atoms. The highest BCUT2D eigenvalue weighted by molar-refractivity contribution is 14.0. The molecule has 1 aliphatic heterocycles. The molecule has 1 saturated heterocycles. The standard InChI is InChI=1S/C16H27BrN4S.HI/c1-4-18-16(19-10-13-5-7-22-8-6-13)21(3)12-15-9-14(17)11-20(15)2;/h9,11,13H,4-8,10,12H2,1-3H3,(H,18,19);1H. The minimum atomic E-state index is 0. The quantitative estimate of drug-likeness (QED) is 0.367. The number of rotatable bonds is 5. The third kappa shape index (κ3) is 6.86. The summed E-state index contributed by atoms with van der Waals surface area (Å²) in [5.74, 6) is 4.36. The van der Waals surface area contributed by atoms with Gasteiger partial charge < -0.3 is 14.8 Å². The molecule has 132 valence electrons. The van der Waals surface area contributed by atoms with Crippen molar-refractivity contribution in [2.45, 2.75) is 26.3 Å². The first-order chi connectivity index (χ1) is 10.6. The van der Waals surface area contributed by atoms with E-state index in [1.807, 2.05) is 0 Å². The number of hydrogen-bond acceptors (Lipinski definition) is 2. The van der Waals surface area contributed by atoms with Crippen LogP contribution in [-0.4, -0.2) is 47.1 Å². The Bertz CT molecular complexity index is 500. The summed E-state index contributed by atoms with van der Waals surface area (Å²) < 4.78 is 3.28. The van der Waals surface area contributed by atoms with E-state index in [-0.39, 0.29) is 24.0 Å². The molecule has 0 spiro atoms. The molecule has 2 heterocycles. The Hall–Kier alpha value is 0.110. The third-order valence-electron chi connectivity index (χ3n) is 4.01. The molecule has 4 nitrogen and oxygen atoms in total. The summed E-state index contributed by atoms with van der Waals surface area (Å²) in [6.45, 7) is 4.83.